The zero-order valence-electron chi connectivity index (χ0n) is 16.9. The molecule has 0 saturated carbocycles. The van der Waals surface area contributed by atoms with Crippen molar-refractivity contribution < 1.29 is 0 Å². The molecule has 5 heteroatoms. The van der Waals surface area contributed by atoms with Crippen molar-refractivity contribution in [2.24, 2.45) is 0 Å². The van der Waals surface area contributed by atoms with Gasteiger partial charge in [-0.05, 0) is 61.9 Å². The first kappa shape index (κ1) is 20.1. The topological polar surface area (TPSA) is 29.0 Å². The van der Waals surface area contributed by atoms with Gasteiger partial charge in [-0.1, -0.05) is 38.5 Å². The van der Waals surface area contributed by atoms with Gasteiger partial charge in [-0.3, -0.25) is 0 Å². The lowest BCUT2D eigenvalue weighted by Gasteiger charge is -2.23. The van der Waals surface area contributed by atoms with E-state index in [9.17, 15) is 0 Å². The Balaban J connectivity index is 2.30. The number of aromatic nitrogens is 2. The maximum absolute atomic E-state index is 6.31. The minimum atomic E-state index is 0.336. The summed E-state index contributed by atoms with van der Waals surface area (Å²) in [6.07, 6.45) is 3.27. The number of anilines is 1. The standard InChI is InChI=1S/C22H28ClN3S/c1-6-9-12-26(8-3)20-19-18(16-11-10-14(4)15(5)13-16)17(7-2)27-21(19)25-22(23)24-20/h10-11,13H,6-9,12H2,1-5H3. The molecule has 0 amide bonds. The lowest BCUT2D eigenvalue weighted by Crippen LogP contribution is -2.25. The lowest BCUT2D eigenvalue weighted by molar-refractivity contribution is 0.726. The number of hydrogen-bond acceptors (Lipinski definition) is 4. The van der Waals surface area contributed by atoms with Crippen molar-refractivity contribution in [1.82, 2.24) is 9.97 Å². The number of hydrogen-bond donors (Lipinski definition) is 0. The van der Waals surface area contributed by atoms with Gasteiger partial charge in [0.15, 0.2) is 0 Å². The third kappa shape index (κ3) is 3.97. The van der Waals surface area contributed by atoms with Crippen LogP contribution in [-0.2, 0) is 6.42 Å². The van der Waals surface area contributed by atoms with Gasteiger partial charge in [0, 0.05) is 23.5 Å². The molecule has 0 atom stereocenters. The molecule has 0 saturated heterocycles. The summed E-state index contributed by atoms with van der Waals surface area (Å²) in [5.41, 5.74) is 5.15. The van der Waals surface area contributed by atoms with Gasteiger partial charge >= 0.3 is 0 Å². The first-order chi connectivity index (χ1) is 13.0. The molecule has 3 nitrogen and oxygen atoms in total. The van der Waals surface area contributed by atoms with E-state index >= 15 is 0 Å². The van der Waals surface area contributed by atoms with Gasteiger partial charge < -0.3 is 4.90 Å². The average molecular weight is 402 g/mol. The van der Waals surface area contributed by atoms with Crippen molar-refractivity contribution in [3.05, 3.63) is 39.5 Å². The second-order valence-corrected chi connectivity index (χ2v) is 8.40. The fourth-order valence-corrected chi connectivity index (χ4v) is 4.79. The predicted octanol–water partition coefficient (Wildman–Crippen LogP) is 6.82. The van der Waals surface area contributed by atoms with Crippen LogP contribution in [0.4, 0.5) is 5.82 Å². The maximum Gasteiger partial charge on any atom is 0.225 e. The van der Waals surface area contributed by atoms with Crippen LogP contribution in [0.15, 0.2) is 18.2 Å². The summed E-state index contributed by atoms with van der Waals surface area (Å²) in [5.74, 6) is 0.977. The summed E-state index contributed by atoms with van der Waals surface area (Å²) < 4.78 is 0. The van der Waals surface area contributed by atoms with Crippen LogP contribution in [-0.4, -0.2) is 23.1 Å². The van der Waals surface area contributed by atoms with Crippen LogP contribution >= 0.6 is 22.9 Å². The molecule has 0 fully saturated rings. The maximum atomic E-state index is 6.31. The van der Waals surface area contributed by atoms with Gasteiger partial charge in [0.05, 0.1) is 5.39 Å². The van der Waals surface area contributed by atoms with Crippen LogP contribution in [0.1, 0.15) is 49.6 Å². The summed E-state index contributed by atoms with van der Waals surface area (Å²) in [5, 5.41) is 1.49. The molecule has 0 N–H and O–H groups in total. The zero-order valence-corrected chi connectivity index (χ0v) is 18.5. The van der Waals surface area contributed by atoms with Crippen molar-refractivity contribution in [1.29, 1.82) is 0 Å². The second kappa shape index (κ2) is 8.57. The molecule has 0 aliphatic carbocycles. The monoisotopic (exact) mass is 401 g/mol. The van der Waals surface area contributed by atoms with E-state index in [-0.39, 0.29) is 0 Å². The molecule has 0 aliphatic heterocycles. The molecule has 3 rings (SSSR count). The van der Waals surface area contributed by atoms with Gasteiger partial charge in [0.2, 0.25) is 5.28 Å². The average Bonchev–Trinajstić information content (AvgIpc) is 3.02. The Labute approximate surface area is 171 Å². The van der Waals surface area contributed by atoms with Crippen molar-refractivity contribution in [3.63, 3.8) is 0 Å². The molecule has 3 aromatic rings. The molecule has 2 heterocycles. The Kier molecular flexibility index (Phi) is 6.38. The van der Waals surface area contributed by atoms with Crippen LogP contribution < -0.4 is 4.90 Å². The van der Waals surface area contributed by atoms with Gasteiger partial charge in [-0.15, -0.1) is 11.3 Å². The normalized spacial score (nSPS) is 11.3. The SMILES string of the molecule is CCCCN(CC)c1nc(Cl)nc2sc(CC)c(-c3ccc(C)c(C)c3)c12. The van der Waals surface area contributed by atoms with E-state index in [0.717, 1.165) is 48.4 Å². The number of benzene rings is 1. The Morgan fingerprint density at radius 2 is 1.85 bits per heavy atom. The van der Waals surface area contributed by atoms with Gasteiger partial charge in [0.1, 0.15) is 10.6 Å². The van der Waals surface area contributed by atoms with E-state index in [1.54, 1.807) is 11.3 Å². The molecule has 2 aromatic heterocycles. The third-order valence-corrected chi connectivity index (χ3v) is 6.55. The Morgan fingerprint density at radius 1 is 1.07 bits per heavy atom. The van der Waals surface area contributed by atoms with Gasteiger partial charge in [0.25, 0.3) is 0 Å². The summed E-state index contributed by atoms with van der Waals surface area (Å²) in [4.78, 5) is 13.9. The summed E-state index contributed by atoms with van der Waals surface area (Å²) >= 11 is 8.06. The highest BCUT2D eigenvalue weighted by molar-refractivity contribution is 7.19. The largest absolute Gasteiger partial charge is 0.356 e. The number of rotatable bonds is 7. The van der Waals surface area contributed by atoms with Crippen LogP contribution in [0.25, 0.3) is 21.3 Å². The molecule has 0 spiro atoms. The first-order valence-electron chi connectivity index (χ1n) is 9.81. The smallest absolute Gasteiger partial charge is 0.225 e. The molecular weight excluding hydrogens is 374 g/mol. The van der Waals surface area contributed by atoms with Crippen molar-refractivity contribution >= 4 is 39.0 Å². The summed E-state index contributed by atoms with van der Waals surface area (Å²) in [6.45, 7) is 12.8. The van der Waals surface area contributed by atoms with Crippen LogP contribution in [0, 0.1) is 13.8 Å². The molecule has 0 bridgehead atoms. The Morgan fingerprint density at radius 3 is 2.48 bits per heavy atom. The van der Waals surface area contributed by atoms with E-state index in [0.29, 0.717) is 5.28 Å². The molecule has 27 heavy (non-hydrogen) atoms. The number of aryl methyl sites for hydroxylation is 3. The zero-order chi connectivity index (χ0) is 19.6. The highest BCUT2D eigenvalue weighted by Gasteiger charge is 2.22. The van der Waals surface area contributed by atoms with Crippen molar-refractivity contribution in [2.75, 3.05) is 18.0 Å². The number of halogens is 1. The molecule has 144 valence electrons. The molecule has 0 unspecified atom stereocenters. The van der Waals surface area contributed by atoms with Crippen LogP contribution in [0.3, 0.4) is 0 Å². The fourth-order valence-electron chi connectivity index (χ4n) is 3.45. The first-order valence-corrected chi connectivity index (χ1v) is 11.0. The number of fused-ring (bicyclic) bond motifs is 1. The van der Waals surface area contributed by atoms with Crippen LogP contribution in [0.2, 0.25) is 5.28 Å². The Hall–Kier alpha value is -1.65. The van der Waals surface area contributed by atoms with E-state index in [4.69, 9.17) is 11.6 Å². The van der Waals surface area contributed by atoms with E-state index < -0.39 is 0 Å². The minimum Gasteiger partial charge on any atom is -0.356 e. The quantitative estimate of drug-likeness (QED) is 0.407. The van der Waals surface area contributed by atoms with Gasteiger partial charge in [-0.2, -0.15) is 4.98 Å². The lowest BCUT2D eigenvalue weighted by atomic mass is 9.98. The van der Waals surface area contributed by atoms with Crippen molar-refractivity contribution in [3.8, 4) is 11.1 Å². The number of thiophene rings is 1. The second-order valence-electron chi connectivity index (χ2n) is 6.98. The highest BCUT2D eigenvalue weighted by Crippen LogP contribution is 2.43. The molecule has 0 radical (unpaired) electrons. The molecule has 0 aliphatic rings. The minimum absolute atomic E-state index is 0.336. The molecular formula is C22H28ClN3S. The summed E-state index contributed by atoms with van der Waals surface area (Å²) in [6, 6.07) is 6.72. The van der Waals surface area contributed by atoms with E-state index in [2.05, 4.69) is 67.7 Å². The van der Waals surface area contributed by atoms with Crippen LogP contribution in [0.5, 0.6) is 0 Å². The van der Waals surface area contributed by atoms with E-state index in [1.165, 1.54) is 27.1 Å². The third-order valence-electron chi connectivity index (χ3n) is 5.16. The predicted molar refractivity (Wildman–Crippen MR) is 120 cm³/mol. The fraction of sp³-hybridized carbons (Fsp3) is 0.455. The highest BCUT2D eigenvalue weighted by atomic mass is 35.5. The van der Waals surface area contributed by atoms with Gasteiger partial charge in [-0.25, -0.2) is 4.98 Å². The Bertz CT molecular complexity index is 948. The number of unbranched alkanes of at least 4 members (excludes halogenated alkanes) is 1. The molecule has 1 aromatic carbocycles. The summed E-state index contributed by atoms with van der Waals surface area (Å²) in [7, 11) is 0. The van der Waals surface area contributed by atoms with Crippen molar-refractivity contribution in [2.45, 2.75) is 53.9 Å². The van der Waals surface area contributed by atoms with E-state index in [1.807, 2.05) is 0 Å². The number of nitrogens with zero attached hydrogens (tertiary/aromatic N) is 3.